The van der Waals surface area contributed by atoms with Crippen molar-refractivity contribution in [2.24, 2.45) is 0 Å². The molecule has 0 unspecified atom stereocenters. The summed E-state index contributed by atoms with van der Waals surface area (Å²) in [6, 6.07) is 13.4. The molecule has 4 rings (SSSR count). The number of nitrogens with zero attached hydrogens (tertiary/aromatic N) is 3. The zero-order valence-electron chi connectivity index (χ0n) is 13.2. The zero-order chi connectivity index (χ0) is 16.8. The topological polar surface area (TPSA) is 80.6 Å². The molecule has 0 aliphatic carbocycles. The first-order valence-corrected chi connectivity index (χ1v) is 7.54. The van der Waals surface area contributed by atoms with E-state index < -0.39 is 11.2 Å². The van der Waals surface area contributed by atoms with Gasteiger partial charge in [0, 0.05) is 0 Å². The number of fused-ring (bicyclic) bond motifs is 2. The molecule has 0 spiro atoms. The van der Waals surface area contributed by atoms with Gasteiger partial charge in [-0.05, 0) is 37.1 Å². The van der Waals surface area contributed by atoms with Gasteiger partial charge in [-0.15, -0.1) is 0 Å². The summed E-state index contributed by atoms with van der Waals surface area (Å²) in [5, 5.41) is 0. The van der Waals surface area contributed by atoms with Crippen LogP contribution in [0.5, 0.6) is 0 Å². The Kier molecular flexibility index (Phi) is 3.06. The fourth-order valence-electron chi connectivity index (χ4n) is 3.06. The SMILES string of the molecule is Cc1cccc(C)c1-n1c2nc(=O)[nH]c(=O)c-2nc2ccccc21. The molecule has 0 aromatic heterocycles. The van der Waals surface area contributed by atoms with E-state index in [0.717, 1.165) is 22.3 Å². The summed E-state index contributed by atoms with van der Waals surface area (Å²) < 4.78 is 1.85. The molecule has 0 amide bonds. The smallest absolute Gasteiger partial charge is 0.290 e. The highest BCUT2D eigenvalue weighted by Gasteiger charge is 2.21. The van der Waals surface area contributed by atoms with Crippen LogP contribution in [-0.2, 0) is 0 Å². The number of para-hydroxylation sites is 3. The molecule has 2 aromatic carbocycles. The Morgan fingerprint density at radius 1 is 0.917 bits per heavy atom. The molecule has 2 heterocycles. The van der Waals surface area contributed by atoms with Crippen molar-refractivity contribution in [3.05, 3.63) is 74.4 Å². The lowest BCUT2D eigenvalue weighted by atomic mass is 10.1. The predicted octanol–water partition coefficient (Wildman–Crippen LogP) is 2.19. The lowest BCUT2D eigenvalue weighted by molar-refractivity contribution is 0.928. The molecule has 2 aliphatic rings. The van der Waals surface area contributed by atoms with Gasteiger partial charge in [-0.25, -0.2) is 9.78 Å². The van der Waals surface area contributed by atoms with Crippen molar-refractivity contribution >= 4 is 11.0 Å². The van der Waals surface area contributed by atoms with Crippen molar-refractivity contribution in [2.75, 3.05) is 0 Å². The summed E-state index contributed by atoms with van der Waals surface area (Å²) in [6.07, 6.45) is 0. The number of hydrogen-bond acceptors (Lipinski definition) is 4. The Bertz CT molecular complexity index is 1150. The highest BCUT2D eigenvalue weighted by atomic mass is 16.2. The number of benzene rings is 2. The second-order valence-electron chi connectivity index (χ2n) is 5.72. The number of H-pyrrole nitrogens is 1. The van der Waals surface area contributed by atoms with E-state index >= 15 is 0 Å². The normalized spacial score (nSPS) is 11.2. The Labute approximate surface area is 136 Å². The van der Waals surface area contributed by atoms with Crippen LogP contribution in [0.25, 0.3) is 28.2 Å². The van der Waals surface area contributed by atoms with Crippen LogP contribution in [0.4, 0.5) is 0 Å². The fraction of sp³-hybridized carbons (Fsp3) is 0.111. The molecular weight excluding hydrogens is 304 g/mol. The molecular formula is C18H14N4O2. The van der Waals surface area contributed by atoms with Crippen LogP contribution in [0.1, 0.15) is 11.1 Å². The second-order valence-corrected chi connectivity index (χ2v) is 5.72. The van der Waals surface area contributed by atoms with Gasteiger partial charge in [-0.3, -0.25) is 14.3 Å². The van der Waals surface area contributed by atoms with Crippen LogP contribution in [0.2, 0.25) is 0 Å². The zero-order valence-corrected chi connectivity index (χ0v) is 13.2. The predicted molar refractivity (Wildman–Crippen MR) is 91.9 cm³/mol. The van der Waals surface area contributed by atoms with Gasteiger partial charge in [0.1, 0.15) is 0 Å². The summed E-state index contributed by atoms with van der Waals surface area (Å²) in [7, 11) is 0. The third-order valence-corrected chi connectivity index (χ3v) is 4.08. The van der Waals surface area contributed by atoms with Crippen molar-refractivity contribution in [2.45, 2.75) is 13.8 Å². The summed E-state index contributed by atoms with van der Waals surface area (Å²) in [5.74, 6) is 0.264. The highest BCUT2D eigenvalue weighted by molar-refractivity contribution is 5.82. The van der Waals surface area contributed by atoms with Crippen LogP contribution in [0, 0.1) is 13.8 Å². The van der Waals surface area contributed by atoms with Gasteiger partial charge < -0.3 is 0 Å². The lowest BCUT2D eigenvalue weighted by Crippen LogP contribution is -2.28. The maximum absolute atomic E-state index is 12.2. The number of nitrogens with one attached hydrogen (secondary N) is 1. The quantitative estimate of drug-likeness (QED) is 0.546. The average molecular weight is 318 g/mol. The number of aromatic nitrogens is 4. The number of rotatable bonds is 1. The molecule has 0 saturated carbocycles. The minimum atomic E-state index is -0.676. The molecule has 2 aromatic rings. The molecule has 0 bridgehead atoms. The summed E-state index contributed by atoms with van der Waals surface area (Å²) in [5.41, 5.74) is 3.34. The number of aryl methyl sites for hydroxylation is 2. The van der Waals surface area contributed by atoms with E-state index in [2.05, 4.69) is 15.0 Å². The van der Waals surface area contributed by atoms with Crippen molar-refractivity contribution < 1.29 is 0 Å². The van der Waals surface area contributed by atoms with Crippen LogP contribution in [0.3, 0.4) is 0 Å². The van der Waals surface area contributed by atoms with E-state index in [1.807, 2.05) is 60.9 Å². The van der Waals surface area contributed by atoms with Gasteiger partial charge in [0.25, 0.3) is 5.56 Å². The van der Waals surface area contributed by atoms with E-state index in [1.54, 1.807) is 0 Å². The minimum absolute atomic E-state index is 0.149. The highest BCUT2D eigenvalue weighted by Crippen LogP contribution is 2.28. The first-order chi connectivity index (χ1) is 11.6. The molecule has 6 heteroatoms. The van der Waals surface area contributed by atoms with Crippen LogP contribution < -0.4 is 11.2 Å². The minimum Gasteiger partial charge on any atom is -0.290 e. The molecule has 0 radical (unpaired) electrons. The van der Waals surface area contributed by atoms with Gasteiger partial charge in [-0.1, -0.05) is 30.3 Å². The van der Waals surface area contributed by atoms with Gasteiger partial charge >= 0.3 is 5.69 Å². The van der Waals surface area contributed by atoms with E-state index in [9.17, 15) is 9.59 Å². The Hall–Kier alpha value is -3.28. The van der Waals surface area contributed by atoms with Gasteiger partial charge in [0.15, 0.2) is 11.5 Å². The molecule has 0 saturated heterocycles. The summed E-state index contributed by atoms with van der Waals surface area (Å²) in [6.45, 7) is 3.98. The molecule has 24 heavy (non-hydrogen) atoms. The molecule has 6 nitrogen and oxygen atoms in total. The van der Waals surface area contributed by atoms with Crippen molar-refractivity contribution in [1.29, 1.82) is 0 Å². The molecule has 118 valence electrons. The van der Waals surface area contributed by atoms with Crippen molar-refractivity contribution in [3.63, 3.8) is 0 Å². The van der Waals surface area contributed by atoms with Crippen molar-refractivity contribution in [3.8, 4) is 17.2 Å². The molecule has 1 N–H and O–H groups in total. The maximum atomic E-state index is 12.2. The van der Waals surface area contributed by atoms with Gasteiger partial charge in [-0.2, -0.15) is 4.98 Å². The van der Waals surface area contributed by atoms with E-state index in [-0.39, 0.29) is 11.5 Å². The third kappa shape index (κ3) is 2.04. The van der Waals surface area contributed by atoms with Gasteiger partial charge in [0.05, 0.1) is 16.7 Å². The standard InChI is InChI=1S/C18H14N4O2/c1-10-6-5-7-11(2)15(10)22-13-9-4-3-8-12(13)19-14-16(22)20-18(24)21-17(14)23/h3-9H,1-2H3,(H,21,23,24). The van der Waals surface area contributed by atoms with Crippen LogP contribution in [-0.4, -0.2) is 19.5 Å². The largest absolute Gasteiger partial charge is 0.349 e. The van der Waals surface area contributed by atoms with E-state index in [4.69, 9.17) is 0 Å². The average Bonchev–Trinajstić information content (AvgIpc) is 2.54. The lowest BCUT2D eigenvalue weighted by Gasteiger charge is -2.20. The van der Waals surface area contributed by atoms with Crippen LogP contribution in [0.15, 0.2) is 52.1 Å². The Balaban J connectivity index is 2.32. The number of aromatic amines is 1. The third-order valence-electron chi connectivity index (χ3n) is 4.08. The fourth-order valence-corrected chi connectivity index (χ4v) is 3.06. The molecule has 2 aliphatic heterocycles. The van der Waals surface area contributed by atoms with Gasteiger partial charge in [0.2, 0.25) is 0 Å². The second kappa shape index (κ2) is 5.13. The maximum Gasteiger partial charge on any atom is 0.349 e. The molecule has 0 fully saturated rings. The Morgan fingerprint density at radius 3 is 2.38 bits per heavy atom. The molecule has 0 atom stereocenters. The van der Waals surface area contributed by atoms with E-state index in [1.165, 1.54) is 0 Å². The first-order valence-electron chi connectivity index (χ1n) is 7.54. The van der Waals surface area contributed by atoms with Crippen molar-refractivity contribution in [1.82, 2.24) is 19.5 Å². The summed E-state index contributed by atoms with van der Waals surface area (Å²) in [4.78, 5) is 34.6. The Morgan fingerprint density at radius 2 is 1.62 bits per heavy atom. The van der Waals surface area contributed by atoms with Crippen LogP contribution >= 0.6 is 0 Å². The first kappa shape index (κ1) is 14.3. The van der Waals surface area contributed by atoms with E-state index in [0.29, 0.717) is 5.52 Å². The number of hydrogen-bond donors (Lipinski definition) is 1. The monoisotopic (exact) mass is 318 g/mol. The summed E-state index contributed by atoms with van der Waals surface area (Å²) >= 11 is 0.